The summed E-state index contributed by atoms with van der Waals surface area (Å²) in [7, 11) is 1.45. The molecule has 0 saturated carbocycles. The number of halogens is 1. The highest BCUT2D eigenvalue weighted by atomic mass is 19.1. The van der Waals surface area contributed by atoms with Gasteiger partial charge in [-0.2, -0.15) is 0 Å². The number of nitrogens with zero attached hydrogens (tertiary/aromatic N) is 2. The molecule has 194 valence electrons. The average Bonchev–Trinajstić information content (AvgIpc) is 3.20. The molecule has 0 bridgehead atoms. The molecule has 1 aliphatic rings. The maximum atomic E-state index is 14.1. The van der Waals surface area contributed by atoms with E-state index in [1.54, 1.807) is 12.1 Å². The van der Waals surface area contributed by atoms with Crippen LogP contribution in [0.5, 0.6) is 11.5 Å². The van der Waals surface area contributed by atoms with Crippen LogP contribution in [0.2, 0.25) is 0 Å². The minimum atomic E-state index is -0.420. The highest BCUT2D eigenvalue weighted by molar-refractivity contribution is 5.90. The molecule has 0 aliphatic carbocycles. The first kappa shape index (κ1) is 26.2. The lowest BCUT2D eigenvalue weighted by molar-refractivity contribution is -0.120. The van der Waals surface area contributed by atoms with Gasteiger partial charge in [-0.05, 0) is 67.6 Å². The Kier molecular flexibility index (Phi) is 8.64. The fraction of sp³-hybridized carbons (Fsp3) is 0.483. The molecule has 7 heteroatoms. The Balaban J connectivity index is 1.53. The van der Waals surface area contributed by atoms with E-state index in [0.29, 0.717) is 13.0 Å². The summed E-state index contributed by atoms with van der Waals surface area (Å²) in [6, 6.07) is 12.7. The molecular formula is C29H37FN2O4. The number of Topliss-reactive ketones (excluding diaryl/α,β-unsaturated/α-hetero) is 1. The SMILES string of the molecule is COc1cc(-c2cc3cc(OCCCN4CCC(O)CC4)ccc3n2CC(=O)CC(C)C)ccc1F. The molecule has 0 unspecified atom stereocenters. The third-order valence-electron chi connectivity index (χ3n) is 6.73. The van der Waals surface area contributed by atoms with E-state index in [0.717, 1.165) is 66.8 Å². The van der Waals surface area contributed by atoms with Crippen molar-refractivity contribution >= 4 is 16.7 Å². The van der Waals surface area contributed by atoms with Gasteiger partial charge in [0.2, 0.25) is 0 Å². The van der Waals surface area contributed by atoms with E-state index in [4.69, 9.17) is 9.47 Å². The Morgan fingerprint density at radius 2 is 1.92 bits per heavy atom. The van der Waals surface area contributed by atoms with E-state index < -0.39 is 5.82 Å². The Bertz CT molecular complexity index is 1180. The van der Waals surface area contributed by atoms with Crippen molar-refractivity contribution in [1.82, 2.24) is 9.47 Å². The number of carbonyl (C=O) groups is 1. The van der Waals surface area contributed by atoms with Crippen LogP contribution in [0.4, 0.5) is 4.39 Å². The van der Waals surface area contributed by atoms with Crippen molar-refractivity contribution in [3.05, 3.63) is 48.3 Å². The molecule has 2 aromatic carbocycles. The Morgan fingerprint density at radius 1 is 1.14 bits per heavy atom. The Morgan fingerprint density at radius 3 is 2.64 bits per heavy atom. The predicted molar refractivity (Wildman–Crippen MR) is 140 cm³/mol. The summed E-state index contributed by atoms with van der Waals surface area (Å²) in [6.07, 6.45) is 2.95. The highest BCUT2D eigenvalue weighted by Crippen LogP contribution is 2.33. The van der Waals surface area contributed by atoms with Crippen LogP contribution in [0.25, 0.3) is 22.2 Å². The van der Waals surface area contributed by atoms with Crippen molar-refractivity contribution in [1.29, 1.82) is 0 Å². The lowest BCUT2D eigenvalue weighted by Gasteiger charge is -2.29. The van der Waals surface area contributed by atoms with E-state index in [1.165, 1.54) is 13.2 Å². The van der Waals surface area contributed by atoms with Crippen LogP contribution in [0.1, 0.15) is 39.5 Å². The maximum Gasteiger partial charge on any atom is 0.165 e. The number of hydrogen-bond donors (Lipinski definition) is 1. The molecular weight excluding hydrogens is 459 g/mol. The van der Waals surface area contributed by atoms with Crippen molar-refractivity contribution in [2.75, 3.05) is 33.4 Å². The van der Waals surface area contributed by atoms with Crippen LogP contribution < -0.4 is 9.47 Å². The van der Waals surface area contributed by atoms with E-state index >= 15 is 0 Å². The van der Waals surface area contributed by atoms with Gasteiger partial charge in [0.15, 0.2) is 17.3 Å². The second-order valence-corrected chi connectivity index (χ2v) is 10.1. The fourth-order valence-corrected chi connectivity index (χ4v) is 4.88. The van der Waals surface area contributed by atoms with E-state index in [-0.39, 0.29) is 30.1 Å². The van der Waals surface area contributed by atoms with Crippen LogP contribution >= 0.6 is 0 Å². The summed E-state index contributed by atoms with van der Waals surface area (Å²) in [4.78, 5) is 15.1. The van der Waals surface area contributed by atoms with Crippen molar-refractivity contribution < 1.29 is 23.8 Å². The number of aromatic nitrogens is 1. The van der Waals surface area contributed by atoms with Gasteiger partial charge < -0.3 is 24.0 Å². The van der Waals surface area contributed by atoms with Crippen LogP contribution in [-0.4, -0.2) is 59.8 Å². The first-order valence-electron chi connectivity index (χ1n) is 12.9. The molecule has 1 aromatic heterocycles. The van der Waals surface area contributed by atoms with Gasteiger partial charge >= 0.3 is 0 Å². The topological polar surface area (TPSA) is 63.9 Å². The van der Waals surface area contributed by atoms with E-state index in [9.17, 15) is 14.3 Å². The first-order chi connectivity index (χ1) is 17.3. The number of ketones is 1. The summed E-state index contributed by atoms with van der Waals surface area (Å²) in [5.41, 5.74) is 2.56. The molecule has 1 N–H and O–H groups in total. The van der Waals surface area contributed by atoms with Crippen LogP contribution in [0, 0.1) is 11.7 Å². The summed E-state index contributed by atoms with van der Waals surface area (Å²) in [5, 5.41) is 10.6. The molecule has 4 rings (SSSR count). The maximum absolute atomic E-state index is 14.1. The van der Waals surface area contributed by atoms with Gasteiger partial charge in [0, 0.05) is 48.2 Å². The first-order valence-corrected chi connectivity index (χ1v) is 12.9. The van der Waals surface area contributed by atoms with Crippen molar-refractivity contribution in [2.24, 2.45) is 5.92 Å². The summed E-state index contributed by atoms with van der Waals surface area (Å²) in [6.45, 7) is 7.77. The highest BCUT2D eigenvalue weighted by Gasteiger charge is 2.18. The largest absolute Gasteiger partial charge is 0.494 e. The zero-order valence-electron chi connectivity index (χ0n) is 21.5. The zero-order chi connectivity index (χ0) is 25.7. The van der Waals surface area contributed by atoms with Gasteiger partial charge in [0.1, 0.15) is 5.75 Å². The molecule has 6 nitrogen and oxygen atoms in total. The average molecular weight is 497 g/mol. The molecule has 1 fully saturated rings. The molecule has 0 radical (unpaired) electrons. The predicted octanol–water partition coefficient (Wildman–Crippen LogP) is 5.30. The zero-order valence-corrected chi connectivity index (χ0v) is 21.5. The van der Waals surface area contributed by atoms with Crippen molar-refractivity contribution in [2.45, 2.75) is 52.2 Å². The number of rotatable bonds is 11. The fourth-order valence-electron chi connectivity index (χ4n) is 4.88. The van der Waals surface area contributed by atoms with Gasteiger partial charge in [-0.3, -0.25) is 4.79 Å². The normalized spacial score (nSPS) is 15.1. The van der Waals surface area contributed by atoms with Crippen LogP contribution in [0.15, 0.2) is 42.5 Å². The number of aliphatic hydroxyl groups excluding tert-OH is 1. The number of likely N-dealkylation sites (tertiary alicyclic amines) is 1. The monoisotopic (exact) mass is 496 g/mol. The minimum absolute atomic E-state index is 0.155. The van der Waals surface area contributed by atoms with E-state index in [2.05, 4.69) is 4.90 Å². The molecule has 1 aliphatic heterocycles. The smallest absolute Gasteiger partial charge is 0.165 e. The summed E-state index contributed by atoms with van der Waals surface area (Å²) < 4.78 is 27.3. The number of hydrogen-bond acceptors (Lipinski definition) is 5. The number of methoxy groups -OCH3 is 1. The van der Waals surface area contributed by atoms with E-state index in [1.807, 2.05) is 42.7 Å². The number of aliphatic hydroxyl groups is 1. The molecule has 0 amide bonds. The van der Waals surface area contributed by atoms with Crippen LogP contribution in [-0.2, 0) is 11.3 Å². The Hall–Kier alpha value is -2.90. The minimum Gasteiger partial charge on any atom is -0.494 e. The van der Waals surface area contributed by atoms with Gasteiger partial charge in [0.05, 0.1) is 26.4 Å². The third-order valence-corrected chi connectivity index (χ3v) is 6.73. The van der Waals surface area contributed by atoms with Gasteiger partial charge in [0.25, 0.3) is 0 Å². The number of carbonyl (C=O) groups excluding carboxylic acids is 1. The lowest BCUT2D eigenvalue weighted by atomic mass is 10.1. The lowest BCUT2D eigenvalue weighted by Crippen LogP contribution is -2.36. The standard InChI is InChI=1S/C29H37FN2O4/c1-20(2)15-24(34)19-32-27-8-6-25(36-14-4-11-31-12-9-23(33)10-13-31)16-22(27)17-28(32)21-5-7-26(30)29(18-21)35-3/h5-8,16-18,20,23,33H,4,9-15,19H2,1-3H3. The van der Waals surface area contributed by atoms with Crippen molar-refractivity contribution in [3.8, 4) is 22.8 Å². The third kappa shape index (κ3) is 6.45. The molecule has 1 saturated heterocycles. The molecule has 0 spiro atoms. The molecule has 3 aromatic rings. The number of fused-ring (bicyclic) bond motifs is 1. The van der Waals surface area contributed by atoms with Gasteiger partial charge in [-0.25, -0.2) is 4.39 Å². The van der Waals surface area contributed by atoms with Crippen LogP contribution in [0.3, 0.4) is 0 Å². The number of benzene rings is 2. The molecule has 2 heterocycles. The second-order valence-electron chi connectivity index (χ2n) is 10.1. The summed E-state index contributed by atoms with van der Waals surface area (Å²) in [5.74, 6) is 0.971. The number of ether oxygens (including phenoxy) is 2. The molecule has 36 heavy (non-hydrogen) atoms. The van der Waals surface area contributed by atoms with Gasteiger partial charge in [-0.1, -0.05) is 13.8 Å². The second kappa shape index (κ2) is 11.9. The molecule has 0 atom stereocenters. The Labute approximate surface area is 212 Å². The quantitative estimate of drug-likeness (QED) is 0.365. The number of piperidine rings is 1. The van der Waals surface area contributed by atoms with Crippen molar-refractivity contribution in [3.63, 3.8) is 0 Å². The van der Waals surface area contributed by atoms with Gasteiger partial charge in [-0.15, -0.1) is 0 Å². The summed E-state index contributed by atoms with van der Waals surface area (Å²) >= 11 is 0.